The maximum atomic E-state index is 5.89. The van der Waals surface area contributed by atoms with E-state index in [1.54, 1.807) is 0 Å². The van der Waals surface area contributed by atoms with Gasteiger partial charge in [-0.05, 0) is 68.8 Å². The maximum absolute atomic E-state index is 5.89. The van der Waals surface area contributed by atoms with Crippen LogP contribution in [-0.4, -0.2) is 29.8 Å². The van der Waals surface area contributed by atoms with Gasteiger partial charge in [0, 0.05) is 24.4 Å². The van der Waals surface area contributed by atoms with Gasteiger partial charge in [0.25, 0.3) is 0 Å². The lowest BCUT2D eigenvalue weighted by molar-refractivity contribution is -0.00630. The average molecular weight is 272 g/mol. The molecule has 2 atom stereocenters. The van der Waals surface area contributed by atoms with Crippen LogP contribution >= 0.6 is 0 Å². The molecule has 108 valence electrons. The number of aromatic amines is 1. The number of benzene rings is 1. The Labute approximate surface area is 120 Å². The van der Waals surface area contributed by atoms with Gasteiger partial charge < -0.3 is 15.0 Å². The summed E-state index contributed by atoms with van der Waals surface area (Å²) in [6.07, 6.45) is 5.40. The highest BCUT2D eigenvalue weighted by Gasteiger charge is 2.35. The predicted molar refractivity (Wildman–Crippen MR) is 83.1 cm³/mol. The number of rotatable bonds is 5. The van der Waals surface area contributed by atoms with Crippen LogP contribution in [0.4, 0.5) is 0 Å². The Kier molecular flexibility index (Phi) is 3.81. The Morgan fingerprint density at radius 2 is 2.30 bits per heavy atom. The quantitative estimate of drug-likeness (QED) is 0.876. The fraction of sp³-hybridized carbons (Fsp3) is 0.529. The number of H-pyrrole nitrogens is 1. The molecule has 1 aromatic carbocycles. The Morgan fingerprint density at radius 3 is 3.10 bits per heavy atom. The van der Waals surface area contributed by atoms with Crippen molar-refractivity contribution in [1.29, 1.82) is 0 Å². The fourth-order valence-corrected chi connectivity index (χ4v) is 3.05. The molecule has 0 saturated carbocycles. The van der Waals surface area contributed by atoms with Gasteiger partial charge in [-0.3, -0.25) is 0 Å². The molecule has 3 heteroatoms. The number of ether oxygens (including phenoxy) is 1. The molecule has 2 unspecified atom stereocenters. The first-order chi connectivity index (χ1) is 9.67. The third-order valence-corrected chi connectivity index (χ3v) is 4.65. The Hall–Kier alpha value is -1.32. The molecule has 2 heterocycles. The molecule has 2 N–H and O–H groups in total. The van der Waals surface area contributed by atoms with Crippen LogP contribution in [0.1, 0.15) is 32.3 Å². The van der Waals surface area contributed by atoms with E-state index in [4.69, 9.17) is 4.74 Å². The van der Waals surface area contributed by atoms with Crippen molar-refractivity contribution in [2.75, 3.05) is 13.2 Å². The zero-order valence-corrected chi connectivity index (χ0v) is 12.4. The molecule has 0 spiro atoms. The molecule has 3 nitrogen and oxygen atoms in total. The van der Waals surface area contributed by atoms with Crippen LogP contribution in [0, 0.1) is 0 Å². The monoisotopic (exact) mass is 272 g/mol. The fourth-order valence-electron chi connectivity index (χ4n) is 3.05. The van der Waals surface area contributed by atoms with E-state index in [9.17, 15) is 0 Å². The third kappa shape index (κ3) is 2.74. The van der Waals surface area contributed by atoms with Gasteiger partial charge >= 0.3 is 0 Å². The van der Waals surface area contributed by atoms with Crippen LogP contribution in [0.3, 0.4) is 0 Å². The van der Waals surface area contributed by atoms with Crippen molar-refractivity contribution in [3.8, 4) is 0 Å². The van der Waals surface area contributed by atoms with Gasteiger partial charge in [0.05, 0.1) is 5.60 Å². The van der Waals surface area contributed by atoms with E-state index < -0.39 is 0 Å². The molecule has 1 fully saturated rings. The largest absolute Gasteiger partial charge is 0.374 e. The maximum Gasteiger partial charge on any atom is 0.0804 e. The second kappa shape index (κ2) is 5.58. The van der Waals surface area contributed by atoms with Crippen molar-refractivity contribution in [3.05, 3.63) is 36.0 Å². The SMILES string of the molecule is CC(NCCc1ccc2[nH]ccc2c1)C1(C)CCCO1. The molecule has 1 aliphatic heterocycles. The molecule has 0 bridgehead atoms. The summed E-state index contributed by atoms with van der Waals surface area (Å²) in [4.78, 5) is 3.23. The molecule has 1 aromatic heterocycles. The van der Waals surface area contributed by atoms with E-state index in [1.807, 2.05) is 6.20 Å². The van der Waals surface area contributed by atoms with E-state index in [1.165, 1.54) is 22.9 Å². The molecule has 1 aliphatic rings. The minimum atomic E-state index is 0.0184. The lowest BCUT2D eigenvalue weighted by atomic mass is 9.94. The number of hydrogen-bond donors (Lipinski definition) is 2. The highest BCUT2D eigenvalue weighted by Crippen LogP contribution is 2.28. The summed E-state index contributed by atoms with van der Waals surface area (Å²) in [6.45, 7) is 6.37. The number of hydrogen-bond acceptors (Lipinski definition) is 2. The number of nitrogens with one attached hydrogen (secondary N) is 2. The highest BCUT2D eigenvalue weighted by molar-refractivity contribution is 5.79. The van der Waals surface area contributed by atoms with Crippen molar-refractivity contribution in [2.45, 2.75) is 44.8 Å². The Morgan fingerprint density at radius 1 is 1.40 bits per heavy atom. The van der Waals surface area contributed by atoms with E-state index in [0.29, 0.717) is 6.04 Å². The zero-order valence-electron chi connectivity index (χ0n) is 12.4. The number of fused-ring (bicyclic) bond motifs is 1. The smallest absolute Gasteiger partial charge is 0.0804 e. The molecule has 0 amide bonds. The highest BCUT2D eigenvalue weighted by atomic mass is 16.5. The van der Waals surface area contributed by atoms with E-state index in [0.717, 1.165) is 26.0 Å². The van der Waals surface area contributed by atoms with Crippen LogP contribution in [0.25, 0.3) is 10.9 Å². The first-order valence-corrected chi connectivity index (χ1v) is 7.61. The molecule has 3 rings (SSSR count). The van der Waals surface area contributed by atoms with Crippen molar-refractivity contribution in [3.63, 3.8) is 0 Å². The third-order valence-electron chi connectivity index (χ3n) is 4.65. The summed E-state index contributed by atoms with van der Waals surface area (Å²) in [5, 5.41) is 4.92. The molecule has 0 aliphatic carbocycles. The normalized spacial score (nSPS) is 24.3. The standard InChI is InChI=1S/C17H24N2O/c1-13(17(2)8-3-11-20-17)18-9-6-14-4-5-16-15(12-14)7-10-19-16/h4-5,7,10,12-13,18-19H,3,6,8-9,11H2,1-2H3. The second-order valence-corrected chi connectivity index (χ2v) is 6.09. The second-order valence-electron chi connectivity index (χ2n) is 6.09. The van der Waals surface area contributed by atoms with Gasteiger partial charge in [-0.2, -0.15) is 0 Å². The minimum Gasteiger partial charge on any atom is -0.374 e. The molecule has 1 saturated heterocycles. The van der Waals surface area contributed by atoms with Gasteiger partial charge in [0.1, 0.15) is 0 Å². The molecular formula is C17H24N2O. The summed E-state index contributed by atoms with van der Waals surface area (Å²) < 4.78 is 5.89. The Bertz CT molecular complexity index is 569. The first kappa shape index (κ1) is 13.7. The summed E-state index contributed by atoms with van der Waals surface area (Å²) in [7, 11) is 0. The zero-order chi connectivity index (χ0) is 14.0. The molecular weight excluding hydrogens is 248 g/mol. The van der Waals surface area contributed by atoms with Crippen LogP contribution < -0.4 is 5.32 Å². The summed E-state index contributed by atoms with van der Waals surface area (Å²) in [5.74, 6) is 0. The van der Waals surface area contributed by atoms with Gasteiger partial charge in [0.2, 0.25) is 0 Å². The molecule has 20 heavy (non-hydrogen) atoms. The summed E-state index contributed by atoms with van der Waals surface area (Å²) in [5.41, 5.74) is 2.61. The Balaban J connectivity index is 1.54. The lowest BCUT2D eigenvalue weighted by Gasteiger charge is -2.31. The van der Waals surface area contributed by atoms with Crippen LogP contribution in [0.2, 0.25) is 0 Å². The van der Waals surface area contributed by atoms with Crippen molar-refractivity contribution < 1.29 is 4.74 Å². The van der Waals surface area contributed by atoms with Gasteiger partial charge in [0.15, 0.2) is 0 Å². The van der Waals surface area contributed by atoms with Gasteiger partial charge in [-0.15, -0.1) is 0 Å². The van der Waals surface area contributed by atoms with Gasteiger partial charge in [-0.25, -0.2) is 0 Å². The van der Waals surface area contributed by atoms with Crippen LogP contribution in [0.5, 0.6) is 0 Å². The van der Waals surface area contributed by atoms with E-state index in [2.05, 4.69) is 48.4 Å². The average Bonchev–Trinajstić information content (AvgIpc) is 3.07. The first-order valence-electron chi connectivity index (χ1n) is 7.61. The van der Waals surface area contributed by atoms with Crippen molar-refractivity contribution >= 4 is 10.9 Å². The lowest BCUT2D eigenvalue weighted by Crippen LogP contribution is -2.46. The van der Waals surface area contributed by atoms with Crippen molar-refractivity contribution in [1.82, 2.24) is 10.3 Å². The molecule has 0 radical (unpaired) electrons. The van der Waals surface area contributed by atoms with E-state index >= 15 is 0 Å². The predicted octanol–water partition coefficient (Wildman–Crippen LogP) is 3.26. The summed E-state index contributed by atoms with van der Waals surface area (Å²) in [6, 6.07) is 9.17. The van der Waals surface area contributed by atoms with Crippen LogP contribution in [-0.2, 0) is 11.2 Å². The molecule has 2 aromatic rings. The minimum absolute atomic E-state index is 0.0184. The summed E-state index contributed by atoms with van der Waals surface area (Å²) >= 11 is 0. The number of aromatic nitrogens is 1. The van der Waals surface area contributed by atoms with Gasteiger partial charge in [-0.1, -0.05) is 6.07 Å². The van der Waals surface area contributed by atoms with Crippen LogP contribution in [0.15, 0.2) is 30.5 Å². The topological polar surface area (TPSA) is 37.0 Å². The van der Waals surface area contributed by atoms with Crippen molar-refractivity contribution in [2.24, 2.45) is 0 Å². The van der Waals surface area contributed by atoms with E-state index in [-0.39, 0.29) is 5.60 Å².